The lowest BCUT2D eigenvalue weighted by Gasteiger charge is -2.16. The molecule has 12 rings (SSSR count). The first-order valence-electron chi connectivity index (χ1n) is 25.8. The van der Waals surface area contributed by atoms with Gasteiger partial charge in [-0.3, -0.25) is 47.4 Å². The minimum atomic E-state index is -0.949. The SMILES string of the molecule is Cc1cn([C@H]2C[C@@H](O)[C@@H](CO)O2)c(=O)[nH]c1=O.Cc1cn([C@H]2C[C@@H](O)[C@@H](COC(=O)CSc3nnc(Br)n3-c3ccc(C4CC4)c4ccccc34)O2)c(=O)[nH]c1=O.O=C(O)CSc1nnc(Br)n1-c1ccc(C2CC2)c2ccccc12. The maximum absolute atomic E-state index is 12.6. The highest BCUT2D eigenvalue weighted by molar-refractivity contribution is 9.10. The van der Waals surface area contributed by atoms with Crippen LogP contribution in [0.4, 0.5) is 0 Å². The summed E-state index contributed by atoms with van der Waals surface area (Å²) in [4.78, 5) is 74.4. The Morgan fingerprint density at radius 1 is 0.642 bits per heavy atom. The predicted molar refractivity (Wildman–Crippen MR) is 305 cm³/mol. The van der Waals surface area contributed by atoms with E-state index in [1.165, 1.54) is 80.9 Å². The lowest BCUT2D eigenvalue weighted by atomic mass is 9.99. The number of hydrogen-bond acceptors (Lipinski definition) is 18. The van der Waals surface area contributed by atoms with E-state index in [0.29, 0.717) is 42.7 Å². The average Bonchev–Trinajstić information content (AvgIpc) is 4.38. The van der Waals surface area contributed by atoms with Crippen LogP contribution in [0.15, 0.2) is 124 Å². The maximum Gasteiger partial charge on any atom is 0.330 e. The van der Waals surface area contributed by atoms with E-state index < -0.39 is 71.3 Å². The minimum Gasteiger partial charge on any atom is -0.481 e. The highest BCUT2D eigenvalue weighted by atomic mass is 79.9. The molecule has 0 unspecified atom stereocenters. The Labute approximate surface area is 485 Å². The highest BCUT2D eigenvalue weighted by Gasteiger charge is 2.37. The van der Waals surface area contributed by atoms with Gasteiger partial charge in [0.05, 0.1) is 41.7 Å². The van der Waals surface area contributed by atoms with Crippen LogP contribution in [0.25, 0.3) is 32.9 Å². The van der Waals surface area contributed by atoms with Gasteiger partial charge in [-0.1, -0.05) is 84.2 Å². The molecule has 2 saturated heterocycles. The van der Waals surface area contributed by atoms with Crippen molar-refractivity contribution in [1.82, 2.24) is 48.6 Å². The Kier molecular flexibility index (Phi) is 17.7. The smallest absolute Gasteiger partial charge is 0.330 e. The molecule has 23 nitrogen and oxygen atoms in total. The number of aryl methyl sites for hydroxylation is 2. The van der Waals surface area contributed by atoms with Crippen LogP contribution in [-0.2, 0) is 23.8 Å². The number of nitrogens with zero attached hydrogens (tertiary/aromatic N) is 8. The number of halogens is 2. The molecule has 2 aliphatic carbocycles. The van der Waals surface area contributed by atoms with Gasteiger partial charge in [-0.2, -0.15) is 0 Å². The van der Waals surface area contributed by atoms with Crippen molar-refractivity contribution in [3.8, 4) is 11.4 Å². The van der Waals surface area contributed by atoms with Crippen LogP contribution in [0.5, 0.6) is 0 Å². The summed E-state index contributed by atoms with van der Waals surface area (Å²) in [7, 11) is 0. The van der Waals surface area contributed by atoms with Crippen molar-refractivity contribution in [2.75, 3.05) is 24.7 Å². The number of aromatic amines is 2. The molecular weight excluding hydrogens is 1220 g/mol. The third-order valence-corrected chi connectivity index (χ3v) is 17.0. The lowest BCUT2D eigenvalue weighted by molar-refractivity contribution is -0.147. The second-order valence-corrected chi connectivity index (χ2v) is 23.1. The van der Waals surface area contributed by atoms with Gasteiger partial charge in [-0.05, 0) is 117 Å². The summed E-state index contributed by atoms with van der Waals surface area (Å²) < 4.78 is 23.8. The first-order valence-corrected chi connectivity index (χ1v) is 29.3. The standard InChI is InChI=1S/C27H26BrN5O6S.C17H14BrN3O2S.C10H14N2O5/c1-14-11-32(26(37)29-24(14)36)22-10-20(34)21(39-22)12-38-23(35)13-40-27-31-30-25(28)33(27)19-9-8-16(15-6-7-15)17-4-2-3-5-18(17)19;18-16-19-20-17(24-9-15(22)23)21(16)14-8-7-11(10-5-6-10)12-3-1-2-4-13(12)14;1-5-3-12(10(16)11-9(5)15)8-2-6(14)7(4-13)17-8/h2-5,8-9,11,15,20-22,34H,6-7,10,12-13H2,1H3,(H,29,36,37);1-4,7-8,10H,5-6,9H2,(H,22,23);3,6-8,13-14H,2,4H2,1H3,(H,11,15,16)/t20-,21-,22-;;6-,7-,8-/m1.1/s1. The molecule has 6 heterocycles. The molecule has 2 aliphatic heterocycles. The molecule has 4 aromatic carbocycles. The monoisotopic (exact) mass is 1270 g/mol. The number of thioether (sulfide) groups is 2. The number of aliphatic hydroxyl groups excluding tert-OH is 3. The molecule has 2 saturated carbocycles. The summed E-state index contributed by atoms with van der Waals surface area (Å²) in [5, 5.41) is 60.2. The van der Waals surface area contributed by atoms with Gasteiger partial charge in [-0.15, -0.1) is 20.4 Å². The summed E-state index contributed by atoms with van der Waals surface area (Å²) in [6.45, 7) is 2.65. The number of fused-ring (bicyclic) bond motifs is 2. The Morgan fingerprint density at radius 2 is 1.07 bits per heavy atom. The number of carboxylic acid groups (broad SMARTS) is 1. The molecule has 0 bridgehead atoms. The number of aliphatic carboxylic acids is 1. The lowest BCUT2D eigenvalue weighted by Crippen LogP contribution is -2.33. The van der Waals surface area contributed by atoms with Crippen LogP contribution in [-0.4, -0.2) is 130 Å². The van der Waals surface area contributed by atoms with Crippen LogP contribution in [0, 0.1) is 13.8 Å². The Balaban J connectivity index is 0.000000152. The van der Waals surface area contributed by atoms with E-state index in [2.05, 4.69) is 117 Å². The van der Waals surface area contributed by atoms with E-state index in [1.54, 1.807) is 13.8 Å². The van der Waals surface area contributed by atoms with Gasteiger partial charge in [-0.25, -0.2) is 9.59 Å². The number of carboxylic acids is 1. The van der Waals surface area contributed by atoms with E-state index in [4.69, 9.17) is 24.4 Å². The molecule has 4 aliphatic rings. The van der Waals surface area contributed by atoms with E-state index in [-0.39, 0.29) is 37.6 Å². The predicted octanol–water partition coefficient (Wildman–Crippen LogP) is 5.93. The van der Waals surface area contributed by atoms with Crippen molar-refractivity contribution >= 4 is 88.9 Å². The molecule has 0 amide bonds. The summed E-state index contributed by atoms with van der Waals surface area (Å²) >= 11 is 9.29. The van der Waals surface area contributed by atoms with Crippen LogP contribution in [0.2, 0.25) is 0 Å². The summed E-state index contributed by atoms with van der Waals surface area (Å²) in [6, 6.07) is 25.0. The number of benzene rings is 4. The number of H-pyrrole nitrogens is 2. The number of rotatable bonds is 15. The number of carbonyl (C=O) groups is 2. The molecule has 4 fully saturated rings. The molecule has 4 aromatic heterocycles. The zero-order chi connectivity index (χ0) is 57.2. The van der Waals surface area contributed by atoms with Gasteiger partial charge < -0.3 is 34.6 Å². The van der Waals surface area contributed by atoms with Crippen molar-refractivity contribution in [3.05, 3.63) is 159 Å². The fourth-order valence-electron chi connectivity index (χ4n) is 9.75. The summed E-state index contributed by atoms with van der Waals surface area (Å²) in [6.07, 6.45) is 3.29. The van der Waals surface area contributed by atoms with E-state index >= 15 is 0 Å². The number of carbonyl (C=O) groups excluding carboxylic acids is 1. The summed E-state index contributed by atoms with van der Waals surface area (Å²) in [5.74, 6) is -0.210. The molecule has 8 aromatic rings. The molecule has 0 radical (unpaired) electrons. The van der Waals surface area contributed by atoms with Crippen LogP contribution < -0.4 is 22.5 Å². The van der Waals surface area contributed by atoms with Crippen LogP contribution >= 0.6 is 55.4 Å². The fourth-order valence-corrected chi connectivity index (χ4v) is 12.3. The maximum atomic E-state index is 12.6. The zero-order valence-electron chi connectivity index (χ0n) is 43.4. The van der Waals surface area contributed by atoms with Crippen molar-refractivity contribution in [3.63, 3.8) is 0 Å². The third kappa shape index (κ3) is 12.9. The fraction of sp³-hybridized carbons (Fsp3) is 0.370. The molecule has 27 heteroatoms. The normalized spacial score (nSPS) is 20.4. The number of hydrogen-bond donors (Lipinski definition) is 6. The first kappa shape index (κ1) is 57.7. The quantitative estimate of drug-likeness (QED) is 0.0512. The van der Waals surface area contributed by atoms with Gasteiger partial charge in [0, 0.05) is 47.1 Å². The molecule has 6 N–H and O–H groups in total. The molecule has 81 heavy (non-hydrogen) atoms. The van der Waals surface area contributed by atoms with Gasteiger partial charge in [0.15, 0.2) is 10.3 Å². The van der Waals surface area contributed by atoms with Gasteiger partial charge in [0.25, 0.3) is 11.1 Å². The van der Waals surface area contributed by atoms with Gasteiger partial charge in [0.2, 0.25) is 9.47 Å². The zero-order valence-corrected chi connectivity index (χ0v) is 48.2. The van der Waals surface area contributed by atoms with E-state index in [9.17, 15) is 39.0 Å². The van der Waals surface area contributed by atoms with Crippen molar-refractivity contribution < 1.29 is 44.2 Å². The number of esters is 1. The Hall–Kier alpha value is -6.56. The topological polar surface area (TPSA) is 314 Å². The Bertz CT molecular complexity index is 3910. The number of ether oxygens (including phenoxy) is 3. The largest absolute Gasteiger partial charge is 0.481 e. The molecule has 424 valence electrons. The second-order valence-electron chi connectivity index (χ2n) is 19.8. The van der Waals surface area contributed by atoms with Crippen LogP contribution in [0.3, 0.4) is 0 Å². The van der Waals surface area contributed by atoms with Crippen LogP contribution in [0.1, 0.15) is 85.1 Å². The van der Waals surface area contributed by atoms with Crippen molar-refractivity contribution in [2.24, 2.45) is 0 Å². The number of aromatic nitrogens is 10. The van der Waals surface area contributed by atoms with E-state index in [1.807, 2.05) is 27.3 Å². The van der Waals surface area contributed by atoms with Crippen molar-refractivity contribution in [1.29, 1.82) is 0 Å². The third-order valence-electron chi connectivity index (χ3n) is 14.1. The number of nitrogens with one attached hydrogen (secondary N) is 2. The molecular formula is C54H54Br2N10O13S2. The first-order chi connectivity index (χ1) is 39.0. The summed E-state index contributed by atoms with van der Waals surface area (Å²) in [5.41, 5.74) is 3.19. The second kappa shape index (κ2) is 24.9. The molecule has 6 atom stereocenters. The van der Waals surface area contributed by atoms with Gasteiger partial charge >= 0.3 is 23.3 Å². The number of aliphatic hydroxyl groups is 3. The minimum absolute atomic E-state index is 0.0337. The highest BCUT2D eigenvalue weighted by Crippen LogP contribution is 2.46. The van der Waals surface area contributed by atoms with Gasteiger partial charge in [0.1, 0.15) is 31.3 Å². The average molecular weight is 1280 g/mol. The Morgan fingerprint density at radius 3 is 1.51 bits per heavy atom. The van der Waals surface area contributed by atoms with Crippen molar-refractivity contribution in [2.45, 2.75) is 111 Å². The van der Waals surface area contributed by atoms with E-state index in [0.717, 1.165) is 33.9 Å². The molecule has 0 spiro atoms.